The van der Waals surface area contributed by atoms with Crippen molar-refractivity contribution < 1.29 is 19.5 Å². The predicted molar refractivity (Wildman–Crippen MR) is 78.3 cm³/mol. The molecule has 0 fully saturated rings. The molecule has 0 saturated heterocycles. The Balaban J connectivity index is 2.56. The molecule has 1 rings (SSSR count). The van der Waals surface area contributed by atoms with Gasteiger partial charge < -0.3 is 20.7 Å². The second-order valence-corrected chi connectivity index (χ2v) is 5.03. The van der Waals surface area contributed by atoms with Crippen LogP contribution in [-0.2, 0) is 20.9 Å². The van der Waals surface area contributed by atoms with Gasteiger partial charge in [-0.1, -0.05) is 11.6 Å². The molecule has 0 bridgehead atoms. The highest BCUT2D eigenvalue weighted by Crippen LogP contribution is 2.04. The molecule has 9 heteroatoms. The molecular formula is C13H16ClN3O5. The van der Waals surface area contributed by atoms with E-state index in [0.717, 1.165) is 0 Å². The molecule has 1 atom stereocenters. The number of rotatable bonds is 8. The van der Waals surface area contributed by atoms with Gasteiger partial charge in [0.25, 0.3) is 5.56 Å². The van der Waals surface area contributed by atoms with Gasteiger partial charge in [0.05, 0.1) is 5.02 Å². The lowest BCUT2D eigenvalue weighted by molar-refractivity contribution is -0.142. The molecule has 0 radical (unpaired) electrons. The zero-order valence-electron chi connectivity index (χ0n) is 11.6. The average molecular weight is 330 g/mol. The molecule has 0 aliphatic carbocycles. The molecule has 2 amide bonds. The number of carbonyl (C=O) groups excluding carboxylic acids is 2. The standard InChI is InChI=1S/C13H16ClN3O5/c14-8-1-4-12(20)17(7-8)6-5-11(19)16-9(13(21)22)2-3-10(15)18/h1,4,7,9H,2-3,5-6H2,(H2,15,18)(H,16,19)(H,21,22). The van der Waals surface area contributed by atoms with Crippen LogP contribution in [0.15, 0.2) is 23.1 Å². The van der Waals surface area contributed by atoms with Crippen molar-refractivity contribution in [1.29, 1.82) is 0 Å². The van der Waals surface area contributed by atoms with E-state index in [-0.39, 0.29) is 31.4 Å². The Kier molecular flexibility index (Phi) is 6.58. The highest BCUT2D eigenvalue weighted by molar-refractivity contribution is 6.30. The lowest BCUT2D eigenvalue weighted by Crippen LogP contribution is -2.41. The van der Waals surface area contributed by atoms with E-state index in [0.29, 0.717) is 5.02 Å². The van der Waals surface area contributed by atoms with Gasteiger partial charge in [-0.3, -0.25) is 14.4 Å². The highest BCUT2D eigenvalue weighted by Gasteiger charge is 2.20. The maximum absolute atomic E-state index is 11.7. The molecule has 0 aliphatic heterocycles. The summed E-state index contributed by atoms with van der Waals surface area (Å²) >= 11 is 5.75. The number of nitrogens with one attached hydrogen (secondary N) is 1. The first kappa shape index (κ1) is 17.7. The highest BCUT2D eigenvalue weighted by atomic mass is 35.5. The molecule has 120 valence electrons. The maximum Gasteiger partial charge on any atom is 0.326 e. The van der Waals surface area contributed by atoms with E-state index in [1.165, 1.54) is 22.9 Å². The van der Waals surface area contributed by atoms with Crippen LogP contribution >= 0.6 is 11.6 Å². The number of nitrogens with zero attached hydrogens (tertiary/aromatic N) is 1. The lowest BCUT2D eigenvalue weighted by atomic mass is 10.1. The minimum absolute atomic E-state index is 0.0629. The topological polar surface area (TPSA) is 131 Å². The zero-order chi connectivity index (χ0) is 16.7. The molecule has 4 N–H and O–H groups in total. The minimum Gasteiger partial charge on any atom is -0.480 e. The van der Waals surface area contributed by atoms with Crippen molar-refractivity contribution >= 4 is 29.4 Å². The summed E-state index contributed by atoms with van der Waals surface area (Å²) in [6.07, 6.45) is 1.05. The molecular weight excluding hydrogens is 314 g/mol. The summed E-state index contributed by atoms with van der Waals surface area (Å²) in [5.41, 5.74) is 4.62. The van der Waals surface area contributed by atoms with E-state index < -0.39 is 23.8 Å². The van der Waals surface area contributed by atoms with Crippen molar-refractivity contribution in [2.45, 2.75) is 31.8 Å². The van der Waals surface area contributed by atoms with Gasteiger partial charge in [0.2, 0.25) is 11.8 Å². The summed E-state index contributed by atoms with van der Waals surface area (Å²) in [4.78, 5) is 44.9. The fraction of sp³-hybridized carbons (Fsp3) is 0.385. The number of carboxylic acids is 1. The molecule has 8 nitrogen and oxygen atoms in total. The molecule has 0 saturated carbocycles. The number of hydrogen-bond donors (Lipinski definition) is 3. The predicted octanol–water partition coefficient (Wildman–Crippen LogP) is -0.273. The van der Waals surface area contributed by atoms with Crippen molar-refractivity contribution in [1.82, 2.24) is 9.88 Å². The molecule has 1 unspecified atom stereocenters. The number of amides is 2. The summed E-state index contributed by atoms with van der Waals surface area (Å²) in [5.74, 6) is -2.45. The third kappa shape index (κ3) is 5.96. The van der Waals surface area contributed by atoms with Gasteiger partial charge in [0, 0.05) is 31.6 Å². The quantitative estimate of drug-likeness (QED) is 0.604. The van der Waals surface area contributed by atoms with Crippen LogP contribution in [0.3, 0.4) is 0 Å². The zero-order valence-corrected chi connectivity index (χ0v) is 12.4. The number of carbonyl (C=O) groups is 3. The minimum atomic E-state index is -1.26. The first-order valence-corrected chi connectivity index (χ1v) is 6.84. The van der Waals surface area contributed by atoms with Crippen molar-refractivity contribution in [2.24, 2.45) is 5.73 Å². The van der Waals surface area contributed by atoms with Crippen LogP contribution in [0, 0.1) is 0 Å². The van der Waals surface area contributed by atoms with Gasteiger partial charge in [-0.15, -0.1) is 0 Å². The van der Waals surface area contributed by atoms with Crippen molar-refractivity contribution in [3.05, 3.63) is 33.7 Å². The van der Waals surface area contributed by atoms with Crippen LogP contribution in [0.5, 0.6) is 0 Å². The number of aromatic nitrogens is 1. The Bertz CT molecular complexity index is 628. The third-order valence-electron chi connectivity index (χ3n) is 2.84. The second kappa shape index (κ2) is 8.18. The molecule has 1 aromatic rings. The molecule has 1 heterocycles. The number of pyridine rings is 1. The molecule has 0 aliphatic rings. The Labute approximate surface area is 130 Å². The van der Waals surface area contributed by atoms with Crippen LogP contribution in [0.25, 0.3) is 0 Å². The van der Waals surface area contributed by atoms with E-state index in [2.05, 4.69) is 5.32 Å². The average Bonchev–Trinajstić information content (AvgIpc) is 2.43. The van der Waals surface area contributed by atoms with Crippen LogP contribution in [0.4, 0.5) is 0 Å². The van der Waals surface area contributed by atoms with Gasteiger partial charge in [-0.05, 0) is 12.5 Å². The summed E-state index contributed by atoms with van der Waals surface area (Å²) < 4.78 is 1.25. The summed E-state index contributed by atoms with van der Waals surface area (Å²) in [7, 11) is 0. The lowest BCUT2D eigenvalue weighted by Gasteiger charge is -2.14. The Hall–Kier alpha value is -2.35. The summed E-state index contributed by atoms with van der Waals surface area (Å²) in [6.45, 7) is 0.0629. The second-order valence-electron chi connectivity index (χ2n) is 4.59. The van der Waals surface area contributed by atoms with Crippen LogP contribution < -0.4 is 16.6 Å². The smallest absolute Gasteiger partial charge is 0.326 e. The van der Waals surface area contributed by atoms with Gasteiger partial charge in [0.15, 0.2) is 0 Å². The fourth-order valence-electron chi connectivity index (χ4n) is 1.71. The number of halogens is 1. The van der Waals surface area contributed by atoms with Crippen molar-refractivity contribution in [3.8, 4) is 0 Å². The molecule has 0 aromatic carbocycles. The van der Waals surface area contributed by atoms with Gasteiger partial charge in [-0.2, -0.15) is 0 Å². The number of hydrogen-bond acceptors (Lipinski definition) is 4. The molecule has 22 heavy (non-hydrogen) atoms. The van der Waals surface area contributed by atoms with Gasteiger partial charge in [0.1, 0.15) is 6.04 Å². The van der Waals surface area contributed by atoms with E-state index in [9.17, 15) is 19.2 Å². The van der Waals surface area contributed by atoms with E-state index in [4.69, 9.17) is 22.4 Å². The summed E-state index contributed by atoms with van der Waals surface area (Å²) in [6, 6.07) is 1.51. The fourth-order valence-corrected chi connectivity index (χ4v) is 1.89. The van der Waals surface area contributed by atoms with E-state index in [1.807, 2.05) is 0 Å². The Morgan fingerprint density at radius 2 is 2.00 bits per heavy atom. The summed E-state index contributed by atoms with van der Waals surface area (Å²) in [5, 5.41) is 11.6. The number of aryl methyl sites for hydroxylation is 1. The first-order valence-electron chi connectivity index (χ1n) is 6.46. The number of primary amides is 1. The van der Waals surface area contributed by atoms with Crippen molar-refractivity contribution in [2.75, 3.05) is 0 Å². The monoisotopic (exact) mass is 329 g/mol. The first-order chi connectivity index (χ1) is 10.3. The molecule has 1 aromatic heterocycles. The Morgan fingerprint density at radius 3 is 2.59 bits per heavy atom. The number of aliphatic carboxylic acids is 1. The van der Waals surface area contributed by atoms with Crippen LogP contribution in [-0.4, -0.2) is 33.5 Å². The van der Waals surface area contributed by atoms with E-state index >= 15 is 0 Å². The number of carboxylic acid groups (broad SMARTS) is 1. The largest absolute Gasteiger partial charge is 0.480 e. The van der Waals surface area contributed by atoms with Crippen LogP contribution in [0.2, 0.25) is 5.02 Å². The normalized spacial score (nSPS) is 11.7. The van der Waals surface area contributed by atoms with Crippen molar-refractivity contribution in [3.63, 3.8) is 0 Å². The van der Waals surface area contributed by atoms with Gasteiger partial charge >= 0.3 is 5.97 Å². The SMILES string of the molecule is NC(=O)CCC(NC(=O)CCn1cc(Cl)ccc1=O)C(=O)O. The van der Waals surface area contributed by atoms with Crippen LogP contribution in [0.1, 0.15) is 19.3 Å². The number of nitrogens with two attached hydrogens (primary N) is 1. The molecule has 0 spiro atoms. The Morgan fingerprint density at radius 1 is 1.32 bits per heavy atom. The van der Waals surface area contributed by atoms with Gasteiger partial charge in [-0.25, -0.2) is 4.79 Å². The maximum atomic E-state index is 11.7. The third-order valence-corrected chi connectivity index (χ3v) is 3.06. The van der Waals surface area contributed by atoms with E-state index in [1.54, 1.807) is 0 Å².